The number of nitrogens with zero attached hydrogens (tertiary/aromatic N) is 9. The molecule has 32 heteroatoms. The molecule has 10 heterocycles. The number of benzene rings is 4. The van der Waals surface area contributed by atoms with Crippen LogP contribution in [0.15, 0.2) is 221 Å². The van der Waals surface area contributed by atoms with Gasteiger partial charge in [0.1, 0.15) is 103 Å². The minimum atomic E-state index is -0.905. The molecule has 0 bridgehead atoms. The number of hydrogen-bond donors (Lipinski definition) is 8. The number of anilines is 5. The van der Waals surface area contributed by atoms with E-state index in [0.29, 0.717) is 91.7 Å². The predicted octanol–water partition coefficient (Wildman–Crippen LogP) is 10.9. The molecule has 10 N–H and O–H groups in total. The molecule has 104 heavy (non-hydrogen) atoms. The molecule has 0 saturated carbocycles. The second kappa shape index (κ2) is 34.1. The van der Waals surface area contributed by atoms with Gasteiger partial charge in [0.2, 0.25) is 0 Å². The first-order valence-corrected chi connectivity index (χ1v) is 33.4. The summed E-state index contributed by atoms with van der Waals surface area (Å²) in [6.45, 7) is 7.00. The molecule has 532 valence electrons. The van der Waals surface area contributed by atoms with Crippen molar-refractivity contribution < 1.29 is 24.0 Å². The minimum absolute atomic E-state index is 0.0370. The second-order valence-corrected chi connectivity index (χ2v) is 26.4. The van der Waals surface area contributed by atoms with E-state index in [1.54, 1.807) is 105 Å². The highest BCUT2D eigenvalue weighted by molar-refractivity contribution is 6.32. The number of carbonyl (C=O) groups excluding carboxylic acids is 5. The Morgan fingerprint density at radius 1 is 0.452 bits per heavy atom. The maximum absolute atomic E-state index is 13.1. The van der Waals surface area contributed by atoms with Crippen LogP contribution in [0, 0.1) is 0 Å². The van der Waals surface area contributed by atoms with Crippen LogP contribution in [-0.4, -0.2) is 78.0 Å². The number of rotatable bonds is 13. The van der Waals surface area contributed by atoms with Crippen molar-refractivity contribution in [1.29, 1.82) is 0 Å². The number of nitrogens with two attached hydrogens (primary N) is 2. The van der Waals surface area contributed by atoms with E-state index >= 15 is 0 Å². The summed E-state index contributed by atoms with van der Waals surface area (Å²) < 4.78 is 4.39. The summed E-state index contributed by atoms with van der Waals surface area (Å²) >= 11 is 35.1. The minimum Gasteiger partial charge on any atom is -0.384 e. The van der Waals surface area contributed by atoms with Crippen LogP contribution in [0.5, 0.6) is 0 Å². The number of amides is 4. The van der Waals surface area contributed by atoms with Gasteiger partial charge in [-0.2, -0.15) is 0 Å². The van der Waals surface area contributed by atoms with Crippen LogP contribution in [0.2, 0.25) is 30.1 Å². The number of carbonyl (C=O) groups is 5. The fraction of sp³-hybridized carbons (Fsp3) is 0.153. The summed E-state index contributed by atoms with van der Waals surface area (Å²) in [5, 5.41) is 17.3. The fourth-order valence-electron chi connectivity index (χ4n) is 11.2. The third kappa shape index (κ3) is 19.6. The Labute approximate surface area is 622 Å². The zero-order valence-electron chi connectivity index (χ0n) is 55.5. The second-order valence-electron chi connectivity index (χ2n) is 23.9. The lowest BCUT2D eigenvalue weighted by molar-refractivity contribution is -0.116. The van der Waals surface area contributed by atoms with Crippen molar-refractivity contribution in [3.8, 4) is 0 Å². The van der Waals surface area contributed by atoms with Crippen LogP contribution >= 0.6 is 69.6 Å². The molecule has 0 radical (unpaired) electrons. The van der Waals surface area contributed by atoms with Crippen molar-refractivity contribution in [3.05, 3.63) is 318 Å². The SMILES string of the molecule is CC(=O)Cc1cccc(Cl)c1.CC1(Cc2cccc(Cl)c2)NC(=O)c2ccc(Cl)c(=O)n21.CC1(Cc2cccc(Cl)c2)NC(=O)c2ccc(Nc3ccncn3)c(=O)n21.CC1(Cc2cccc(Cl)c2)NC(=O)c2ccc(Nc3ccncn3)c(=O)n21.NC(=O)c1ccc(Cl)c(=O)[nH]1.Nc1ccncn1. The van der Waals surface area contributed by atoms with Crippen molar-refractivity contribution in [2.24, 2.45) is 5.73 Å². The summed E-state index contributed by atoms with van der Waals surface area (Å²) in [4.78, 5) is 133. The van der Waals surface area contributed by atoms with E-state index in [9.17, 15) is 43.2 Å². The molecule has 26 nitrogen and oxygen atoms in total. The normalized spacial score (nSPS) is 16.1. The lowest BCUT2D eigenvalue weighted by atomic mass is 10.0. The molecule has 11 aromatic rings. The molecule has 4 aromatic carbocycles. The zero-order valence-corrected chi connectivity index (χ0v) is 60.0. The van der Waals surface area contributed by atoms with Crippen LogP contribution in [0.3, 0.4) is 0 Å². The Hall–Kier alpha value is -11.4. The predicted molar refractivity (Wildman–Crippen MR) is 399 cm³/mol. The Morgan fingerprint density at radius 2 is 0.817 bits per heavy atom. The van der Waals surface area contributed by atoms with Crippen LogP contribution in [0.4, 0.5) is 28.8 Å². The third-order valence-corrected chi connectivity index (χ3v) is 17.1. The quantitative estimate of drug-likeness (QED) is 0.0531. The van der Waals surface area contributed by atoms with E-state index in [2.05, 4.69) is 61.5 Å². The number of aromatic amines is 1. The van der Waals surface area contributed by atoms with E-state index in [1.807, 2.05) is 86.6 Å². The monoisotopic (exact) mass is 1520 g/mol. The largest absolute Gasteiger partial charge is 0.384 e. The lowest BCUT2D eigenvalue weighted by Gasteiger charge is -2.27. The van der Waals surface area contributed by atoms with E-state index in [0.717, 1.165) is 22.3 Å². The van der Waals surface area contributed by atoms with E-state index in [1.165, 1.54) is 50.9 Å². The first kappa shape index (κ1) is 76.8. The number of nitrogens with one attached hydrogen (secondary N) is 6. The van der Waals surface area contributed by atoms with Crippen LogP contribution in [-0.2, 0) is 47.5 Å². The molecule has 0 saturated heterocycles. The van der Waals surface area contributed by atoms with Crippen LogP contribution < -0.4 is 60.3 Å². The third-order valence-electron chi connectivity index (χ3n) is 15.6. The van der Waals surface area contributed by atoms with Gasteiger partial charge in [0, 0.05) is 64.4 Å². The number of aromatic nitrogens is 10. The van der Waals surface area contributed by atoms with Crippen molar-refractivity contribution in [1.82, 2.24) is 64.5 Å². The van der Waals surface area contributed by atoms with Gasteiger partial charge in [0.25, 0.3) is 45.9 Å². The topological polar surface area (TPSA) is 374 Å². The number of ketones is 1. The smallest absolute Gasteiger partial charge is 0.276 e. The molecule has 14 rings (SSSR count). The van der Waals surface area contributed by atoms with E-state index in [4.69, 9.17) is 81.1 Å². The number of nitrogen functional groups attached to an aromatic ring is 1. The summed E-state index contributed by atoms with van der Waals surface area (Å²) in [6, 6.07) is 46.4. The maximum Gasteiger partial charge on any atom is 0.276 e. The number of Topliss-reactive ketones (excluding diaryl/α,β-unsaturated/α-hetero) is 1. The highest BCUT2D eigenvalue weighted by atomic mass is 35.5. The van der Waals surface area contributed by atoms with Gasteiger partial charge in [-0.15, -0.1) is 0 Å². The van der Waals surface area contributed by atoms with Crippen molar-refractivity contribution in [2.45, 2.75) is 70.4 Å². The van der Waals surface area contributed by atoms with Gasteiger partial charge in [0.05, 0.1) is 0 Å². The molecule has 0 spiro atoms. The molecule has 7 aromatic heterocycles. The van der Waals surface area contributed by atoms with Gasteiger partial charge in [0.15, 0.2) is 0 Å². The summed E-state index contributed by atoms with van der Waals surface area (Å²) in [6.07, 6.45) is 10.7. The average Bonchev–Trinajstić information content (AvgIpc) is 1.61. The molecule has 3 atom stereocenters. The first-order valence-electron chi connectivity index (χ1n) is 31.2. The number of pyridine rings is 4. The molecule has 3 unspecified atom stereocenters. The fourth-order valence-corrected chi connectivity index (χ4v) is 12.3. The van der Waals surface area contributed by atoms with Gasteiger partial charge >= 0.3 is 0 Å². The molecule has 3 aliphatic rings. The molecule has 3 aliphatic heterocycles. The molecule has 0 aliphatic carbocycles. The van der Waals surface area contributed by atoms with E-state index < -0.39 is 28.5 Å². The molecule has 0 fully saturated rings. The Balaban J connectivity index is 0.000000153. The van der Waals surface area contributed by atoms with Gasteiger partial charge < -0.3 is 43.0 Å². The molecular weight excluding hydrogens is 1460 g/mol. The highest BCUT2D eigenvalue weighted by Gasteiger charge is 2.43. The highest BCUT2D eigenvalue weighted by Crippen LogP contribution is 2.31. The van der Waals surface area contributed by atoms with Gasteiger partial charge in [-0.3, -0.25) is 56.9 Å². The van der Waals surface area contributed by atoms with Crippen molar-refractivity contribution in [3.63, 3.8) is 0 Å². The maximum atomic E-state index is 13.1. The zero-order chi connectivity index (χ0) is 75.0. The average molecular weight is 1520 g/mol. The molecular formula is C72H63Cl6N17O9. The van der Waals surface area contributed by atoms with Gasteiger partial charge in [-0.05, 0) is 165 Å². The Morgan fingerprint density at radius 3 is 1.15 bits per heavy atom. The van der Waals surface area contributed by atoms with Crippen molar-refractivity contribution >= 4 is 128 Å². The standard InChI is InChI=1S/2C19H16ClN5O2.C15H12Cl2N2O2.C9H9ClO.C6H5ClN2O2.C4H5N3/c2*1-19(10-12-3-2-4-13(20)9-12)24-17(26)15-6-5-14(18(27)25(15)19)23-16-7-8-21-11-22-16;1-15(8-9-3-2-4-10(16)7-9)18-13(20)12-6-5-11(17)14(21)19(12)15;1-7(11)5-8-3-2-4-9(10)6-8;7-3-1-2-4(5(8)10)9-6(3)11;5-4-1-2-6-3-7-4/h2*2-9,11H,10H2,1H3,(H,24,26)(H,21,22,23);2-7H,8H2,1H3,(H,18,20);2-4,6H,5H2,1H3;1-2H,(H2,8,10)(H,9,11);1-3H,(H2,5,6,7). The molecule has 4 amide bonds. The van der Waals surface area contributed by atoms with Crippen LogP contribution in [0.1, 0.15) is 91.9 Å². The van der Waals surface area contributed by atoms with Crippen molar-refractivity contribution in [2.75, 3.05) is 16.4 Å². The lowest BCUT2D eigenvalue weighted by Crippen LogP contribution is -2.46. The first-order chi connectivity index (χ1) is 49.5. The number of fused-ring (bicyclic) bond motifs is 3. The summed E-state index contributed by atoms with van der Waals surface area (Å²) in [5.41, 5.74) is 11.3. The summed E-state index contributed by atoms with van der Waals surface area (Å²) in [5.74, 6) is 0.123. The Kier molecular flexibility index (Phi) is 25.1. The number of primary amides is 1. The van der Waals surface area contributed by atoms with Gasteiger partial charge in [-0.25, -0.2) is 29.9 Å². The number of hydrogen-bond acceptors (Lipinski definition) is 18. The van der Waals surface area contributed by atoms with E-state index in [-0.39, 0.29) is 55.9 Å². The number of halogens is 6. The van der Waals surface area contributed by atoms with Crippen LogP contribution in [0.25, 0.3) is 0 Å². The summed E-state index contributed by atoms with van der Waals surface area (Å²) in [7, 11) is 0. The Bertz CT molecular complexity index is 5100. The number of H-pyrrole nitrogens is 1. The van der Waals surface area contributed by atoms with Gasteiger partial charge in [-0.1, -0.05) is 118 Å².